The van der Waals surface area contributed by atoms with Crippen LogP contribution < -0.4 is 0 Å². The third kappa shape index (κ3) is 4.19. The molecule has 1 nitrogen and oxygen atoms in total. The first-order valence-electron chi connectivity index (χ1n) is 13.3. The molecule has 1 aliphatic heterocycles. The maximum Gasteiger partial charge on any atom is 0.460 e. The van der Waals surface area contributed by atoms with E-state index in [-0.39, 0.29) is 0 Å². The van der Waals surface area contributed by atoms with E-state index in [0.29, 0.717) is 0 Å². The molecule has 0 amide bonds. The van der Waals surface area contributed by atoms with E-state index in [1.165, 1.54) is 0 Å². The summed E-state index contributed by atoms with van der Waals surface area (Å²) in [4.78, 5) is -6.55. The molecule has 4 atom stereocenters. The van der Waals surface area contributed by atoms with Crippen LogP contribution >= 0.6 is 0 Å². The summed E-state index contributed by atoms with van der Waals surface area (Å²) >= 11 is 0. The lowest BCUT2D eigenvalue weighted by Crippen LogP contribution is -2.92. The minimum atomic E-state index is -10.9. The Bertz CT molecular complexity index is 1720. The van der Waals surface area contributed by atoms with Crippen molar-refractivity contribution in [1.82, 2.24) is 4.90 Å². The largest absolute Gasteiger partial charge is 0.460 e. The number of alkyl halides is 39. The summed E-state index contributed by atoms with van der Waals surface area (Å²) < 4.78 is 558. The molecule has 0 bridgehead atoms. The van der Waals surface area contributed by atoms with Gasteiger partial charge in [-0.25, -0.2) is 17.6 Å². The molecular weight excluding hydrogens is 1010 g/mol. The maximum absolute atomic E-state index is 16.1. The molecule has 0 spiro atoms. The minimum absolute atomic E-state index is 6.55. The van der Waals surface area contributed by atoms with Crippen molar-refractivity contribution in [2.45, 2.75) is 124 Å². The highest BCUT2D eigenvalue weighted by Crippen LogP contribution is 2.86. The van der Waals surface area contributed by atoms with Crippen LogP contribution in [0.2, 0.25) is 0 Å². The van der Waals surface area contributed by atoms with E-state index in [2.05, 4.69) is 0 Å². The van der Waals surface area contributed by atoms with Crippen molar-refractivity contribution in [3.05, 3.63) is 0 Å². The van der Waals surface area contributed by atoms with E-state index in [4.69, 9.17) is 0 Å². The Morgan fingerprint density at radius 2 is 0.393 bits per heavy atom. The van der Waals surface area contributed by atoms with E-state index in [1.54, 1.807) is 0 Å². The molecule has 0 unspecified atom stereocenters. The Morgan fingerprint density at radius 3 is 0.607 bits per heavy atom. The van der Waals surface area contributed by atoms with Crippen LogP contribution in [0.3, 0.4) is 0 Å². The fourth-order valence-electron chi connectivity index (χ4n) is 6.06. The van der Waals surface area contributed by atoms with Crippen molar-refractivity contribution in [2.24, 2.45) is 0 Å². The summed E-state index contributed by atoms with van der Waals surface area (Å²) in [5.41, 5.74) is -21.0. The second-order valence-electron chi connectivity index (χ2n) is 12.6. The fraction of sp³-hybridized carbons (Fsp3) is 1.00. The number of fused-ring (bicyclic) bond motifs is 3. The number of halogens is 39. The zero-order valence-electron chi connectivity index (χ0n) is 25.7. The van der Waals surface area contributed by atoms with Gasteiger partial charge in [-0.1, -0.05) is 0 Å². The van der Waals surface area contributed by atoms with Gasteiger partial charge in [-0.05, 0) is 0 Å². The van der Waals surface area contributed by atoms with Gasteiger partial charge in [-0.3, -0.25) is 0 Å². The smallest absolute Gasteiger partial charge is 0.227 e. The first-order valence-corrected chi connectivity index (χ1v) is 13.3. The third-order valence-electron chi connectivity index (χ3n) is 9.45. The van der Waals surface area contributed by atoms with Gasteiger partial charge in [0.2, 0.25) is 0 Å². The SMILES string of the molecule is FC(F)(F)C(F)(F)C(F)(F)C(F)(F)C(F)(F)C(F)(F)C(F)(F)C(F)(F)C(F)(F)N1[C@@]2(F)C(F)(F)C(F)(F)C(F)(F)C(F)(F)[C@]2(F)[C@@]2(F)C(F)(F)C(F)(F)C(F)(F)C(F)(F)[C@@]12F. The number of nitrogens with zero attached hydrogens (tertiary/aromatic N) is 1. The van der Waals surface area contributed by atoms with Crippen molar-refractivity contribution in [2.75, 3.05) is 0 Å². The van der Waals surface area contributed by atoms with Crippen LogP contribution in [0.15, 0.2) is 0 Å². The Hall–Kier alpha value is -2.77. The van der Waals surface area contributed by atoms with Crippen LogP contribution in [0.4, 0.5) is 171 Å². The molecule has 1 saturated heterocycles. The minimum Gasteiger partial charge on any atom is -0.227 e. The molecule has 40 heteroatoms. The number of likely N-dealkylation sites (tertiary alicyclic amines) is 1. The van der Waals surface area contributed by atoms with Crippen LogP contribution in [0, 0.1) is 0 Å². The van der Waals surface area contributed by atoms with E-state index in [0.717, 1.165) is 0 Å². The monoisotopic (exact) mass is 1010 g/mol. The van der Waals surface area contributed by atoms with Gasteiger partial charge in [0.05, 0.1) is 0 Å². The molecule has 1 heterocycles. The van der Waals surface area contributed by atoms with Gasteiger partial charge in [0.1, 0.15) is 0 Å². The van der Waals surface area contributed by atoms with Gasteiger partial charge in [-0.2, -0.15) is 159 Å². The summed E-state index contributed by atoms with van der Waals surface area (Å²) in [6.45, 7) is 0. The van der Waals surface area contributed by atoms with Gasteiger partial charge in [0, 0.05) is 0 Å². The lowest BCUT2D eigenvalue weighted by Gasteiger charge is -2.58. The molecular formula is C21F39N. The predicted molar refractivity (Wildman–Crippen MR) is 102 cm³/mol. The van der Waals surface area contributed by atoms with E-state index in [1.807, 2.05) is 0 Å². The Labute approximate surface area is 301 Å². The molecule has 2 saturated carbocycles. The first-order chi connectivity index (χ1) is 25.6. The van der Waals surface area contributed by atoms with Gasteiger partial charge in [0.25, 0.3) is 22.9 Å². The molecule has 0 N–H and O–H groups in total. The van der Waals surface area contributed by atoms with Crippen LogP contribution in [-0.4, -0.2) is 129 Å². The van der Waals surface area contributed by atoms with Crippen molar-refractivity contribution in [3.63, 3.8) is 0 Å². The van der Waals surface area contributed by atoms with Crippen LogP contribution in [-0.2, 0) is 0 Å². The summed E-state index contributed by atoms with van der Waals surface area (Å²) in [5, 5.41) is 0. The number of rotatable bonds is 8. The van der Waals surface area contributed by atoms with E-state index in [9.17, 15) is 145 Å². The molecule has 3 rings (SSSR count). The summed E-state index contributed by atoms with van der Waals surface area (Å²) in [6, 6.07) is -10.9. The lowest BCUT2D eigenvalue weighted by atomic mass is 9.58. The molecule has 0 aromatic heterocycles. The Kier molecular flexibility index (Phi) is 9.79. The fourth-order valence-corrected chi connectivity index (χ4v) is 6.06. The van der Waals surface area contributed by atoms with Crippen LogP contribution in [0.5, 0.6) is 0 Å². The zero-order valence-corrected chi connectivity index (χ0v) is 25.7. The highest BCUT2D eigenvalue weighted by molar-refractivity contribution is 5.49. The number of hydrogen-bond acceptors (Lipinski definition) is 1. The Balaban J connectivity index is 2.74. The Morgan fingerprint density at radius 1 is 0.213 bits per heavy atom. The average molecular weight is 1010 g/mol. The van der Waals surface area contributed by atoms with Crippen molar-refractivity contribution in [1.29, 1.82) is 0 Å². The van der Waals surface area contributed by atoms with Crippen molar-refractivity contribution < 1.29 is 171 Å². The van der Waals surface area contributed by atoms with E-state index < -0.39 is 129 Å². The second-order valence-corrected chi connectivity index (χ2v) is 12.6. The molecule has 362 valence electrons. The van der Waals surface area contributed by atoms with Gasteiger partial charge in [0.15, 0.2) is 0 Å². The van der Waals surface area contributed by atoms with E-state index >= 15 is 26.3 Å². The summed E-state index contributed by atoms with van der Waals surface area (Å²) in [5.74, 6) is -171. The first kappa shape index (κ1) is 52.6. The molecule has 0 aromatic carbocycles. The van der Waals surface area contributed by atoms with Crippen molar-refractivity contribution in [3.8, 4) is 0 Å². The molecule has 61 heavy (non-hydrogen) atoms. The summed E-state index contributed by atoms with van der Waals surface area (Å²) in [6.07, 6.45) is -8.60. The quantitative estimate of drug-likeness (QED) is 0.173. The van der Waals surface area contributed by atoms with Gasteiger partial charge in [-0.15, -0.1) is 0 Å². The summed E-state index contributed by atoms with van der Waals surface area (Å²) in [7, 11) is 0. The van der Waals surface area contributed by atoms with Crippen molar-refractivity contribution >= 4 is 0 Å². The molecule has 0 radical (unpaired) electrons. The zero-order chi connectivity index (χ0) is 50.1. The maximum atomic E-state index is 16.1. The predicted octanol–water partition coefficient (Wildman–Crippen LogP) is 11.8. The molecule has 3 aliphatic rings. The van der Waals surface area contributed by atoms with Crippen LogP contribution in [0.1, 0.15) is 0 Å². The lowest BCUT2D eigenvalue weighted by molar-refractivity contribution is -0.514. The average Bonchev–Trinajstić information content (AvgIpc) is 3.18. The third-order valence-corrected chi connectivity index (χ3v) is 9.45. The van der Waals surface area contributed by atoms with Gasteiger partial charge >= 0.3 is 101 Å². The highest BCUT2D eigenvalue weighted by atomic mass is 19.4. The van der Waals surface area contributed by atoms with Crippen LogP contribution in [0.25, 0.3) is 0 Å². The number of hydrogen-bond donors (Lipinski definition) is 0. The topological polar surface area (TPSA) is 3.24 Å². The molecule has 0 aromatic rings. The highest BCUT2D eigenvalue weighted by Gasteiger charge is 3.20. The molecule has 3 fully saturated rings. The normalized spacial score (nSPS) is 35.1. The van der Waals surface area contributed by atoms with Gasteiger partial charge < -0.3 is 0 Å². The second kappa shape index (κ2) is 11.4. The molecule has 2 aliphatic carbocycles. The standard InChI is InChI=1S/C21F39N/c22-1-2(23)4(26,27)6(30,31)11(40,41)15(48,49)19(2,55)61(18(1,54)14(46,47)10(38,39)5(28,29)3(1,24)25)21(59,60)17(52,53)13(44,45)9(36,37)7(32,33)8(34,35)12(42,43)16(50,51)20(56,57)58/t1-,2-,18-,19+/m1/s1.